The lowest BCUT2D eigenvalue weighted by Crippen LogP contribution is -2.45. The van der Waals surface area contributed by atoms with Crippen molar-refractivity contribution in [2.45, 2.75) is 52.5 Å². The number of halogens is 6. The predicted molar refractivity (Wildman–Crippen MR) is 129 cm³/mol. The van der Waals surface area contributed by atoms with E-state index >= 15 is 0 Å². The van der Waals surface area contributed by atoms with E-state index in [0.29, 0.717) is 11.3 Å². The molecule has 3 heterocycles. The summed E-state index contributed by atoms with van der Waals surface area (Å²) in [7, 11) is 3.92. The standard InChI is InChI=1S/C20H36N4O.2C2HF3O2/c1-16(2)11-24-12-18(14-25-5)20(15-24)6-8-23(9-7-20)13-19-10-17(3)21-22(19)4;2*3-2(4,5)1(6)7/h10,16,18H,6-9,11-15H2,1-5H3;2*(H,6,7). The van der Waals surface area contributed by atoms with Gasteiger partial charge in [-0.25, -0.2) is 9.59 Å². The molecule has 0 aliphatic carbocycles. The van der Waals surface area contributed by atoms with Gasteiger partial charge in [-0.05, 0) is 50.3 Å². The van der Waals surface area contributed by atoms with E-state index in [1.165, 1.54) is 51.3 Å². The zero-order chi connectivity index (χ0) is 30.2. The van der Waals surface area contributed by atoms with Crippen molar-refractivity contribution in [1.29, 1.82) is 0 Å². The molecule has 0 saturated carbocycles. The molecule has 1 unspecified atom stereocenters. The van der Waals surface area contributed by atoms with E-state index in [0.717, 1.165) is 24.8 Å². The highest BCUT2D eigenvalue weighted by Crippen LogP contribution is 2.45. The molecule has 0 radical (unpaired) electrons. The van der Waals surface area contributed by atoms with Crippen LogP contribution < -0.4 is 0 Å². The van der Waals surface area contributed by atoms with Gasteiger partial charge >= 0.3 is 24.3 Å². The van der Waals surface area contributed by atoms with Crippen molar-refractivity contribution in [2.24, 2.45) is 24.3 Å². The summed E-state index contributed by atoms with van der Waals surface area (Å²) >= 11 is 0. The molecule has 9 nitrogen and oxygen atoms in total. The molecule has 1 aromatic rings. The van der Waals surface area contributed by atoms with Crippen LogP contribution in [0, 0.1) is 24.2 Å². The van der Waals surface area contributed by atoms with Gasteiger partial charge in [0.2, 0.25) is 0 Å². The fourth-order valence-electron chi connectivity index (χ4n) is 4.99. The molecule has 2 saturated heterocycles. The first kappa shape index (κ1) is 34.6. The van der Waals surface area contributed by atoms with E-state index in [9.17, 15) is 26.3 Å². The Morgan fingerprint density at radius 1 is 1.08 bits per heavy atom. The molecule has 15 heteroatoms. The summed E-state index contributed by atoms with van der Waals surface area (Å²) in [6, 6.07) is 2.22. The van der Waals surface area contributed by atoms with Crippen LogP contribution in [0.2, 0.25) is 0 Å². The number of hydrogen-bond donors (Lipinski definition) is 2. The van der Waals surface area contributed by atoms with Gasteiger partial charge in [-0.2, -0.15) is 31.4 Å². The van der Waals surface area contributed by atoms with Gasteiger partial charge < -0.3 is 19.8 Å². The molecule has 0 bridgehead atoms. The molecule has 2 N–H and O–H groups in total. The first-order valence-corrected chi connectivity index (χ1v) is 12.3. The van der Waals surface area contributed by atoms with E-state index in [-0.39, 0.29) is 0 Å². The van der Waals surface area contributed by atoms with Crippen LogP contribution in [0.3, 0.4) is 0 Å². The van der Waals surface area contributed by atoms with Crippen LogP contribution in [0.1, 0.15) is 38.1 Å². The number of likely N-dealkylation sites (tertiary alicyclic amines) is 2. The lowest BCUT2D eigenvalue weighted by atomic mass is 9.71. The number of carbonyl (C=O) groups is 2. The Hall–Kier alpha value is -2.39. The number of ether oxygens (including phenoxy) is 1. The fourth-order valence-corrected chi connectivity index (χ4v) is 4.99. The molecular weight excluding hydrogens is 538 g/mol. The van der Waals surface area contributed by atoms with Gasteiger partial charge in [0.25, 0.3) is 0 Å². The maximum atomic E-state index is 10.6. The summed E-state index contributed by atoms with van der Waals surface area (Å²) in [6.07, 6.45) is -7.57. The average molecular weight is 577 g/mol. The molecular formula is C24H38F6N4O5. The SMILES string of the molecule is COCC1CN(CC(C)C)CC12CCN(Cc1cc(C)nn1C)CC2.O=C(O)C(F)(F)F.O=C(O)C(F)(F)F. The quantitative estimate of drug-likeness (QED) is 0.493. The van der Waals surface area contributed by atoms with Crippen LogP contribution in [0.15, 0.2) is 6.07 Å². The molecule has 1 spiro atoms. The second-order valence-corrected chi connectivity index (χ2v) is 10.4. The van der Waals surface area contributed by atoms with E-state index in [4.69, 9.17) is 24.5 Å². The van der Waals surface area contributed by atoms with Crippen LogP contribution in [-0.4, -0.2) is 101 Å². The molecule has 3 rings (SSSR count). The van der Waals surface area contributed by atoms with E-state index in [1.54, 1.807) is 0 Å². The van der Waals surface area contributed by atoms with E-state index < -0.39 is 24.3 Å². The Bertz CT molecular complexity index is 903. The Morgan fingerprint density at radius 3 is 1.92 bits per heavy atom. The Balaban J connectivity index is 0.000000449. The normalized spacial score (nSPS) is 19.8. The molecule has 2 aliphatic heterocycles. The van der Waals surface area contributed by atoms with Crippen molar-refractivity contribution in [3.63, 3.8) is 0 Å². The van der Waals surface area contributed by atoms with Crippen LogP contribution in [0.4, 0.5) is 26.3 Å². The third-order valence-electron chi connectivity index (χ3n) is 6.70. The molecule has 226 valence electrons. The number of carboxylic acid groups (broad SMARTS) is 2. The van der Waals surface area contributed by atoms with Crippen molar-refractivity contribution < 1.29 is 50.9 Å². The molecule has 1 aromatic heterocycles. The molecule has 1 atom stereocenters. The number of carboxylic acids is 2. The minimum atomic E-state index is -5.08. The lowest BCUT2D eigenvalue weighted by Gasteiger charge is -2.42. The van der Waals surface area contributed by atoms with Gasteiger partial charge in [0.05, 0.1) is 18.0 Å². The van der Waals surface area contributed by atoms with Gasteiger partial charge in [0.15, 0.2) is 0 Å². The number of aromatic nitrogens is 2. The first-order valence-electron chi connectivity index (χ1n) is 12.3. The number of hydrogen-bond acceptors (Lipinski definition) is 6. The highest BCUT2D eigenvalue weighted by atomic mass is 19.4. The molecule has 2 fully saturated rings. The molecule has 0 amide bonds. The number of piperidine rings is 1. The van der Waals surface area contributed by atoms with Crippen LogP contribution in [0.25, 0.3) is 0 Å². The van der Waals surface area contributed by atoms with Crippen molar-refractivity contribution in [3.05, 3.63) is 17.5 Å². The number of methoxy groups -OCH3 is 1. The number of aliphatic carboxylic acids is 2. The highest BCUT2D eigenvalue weighted by molar-refractivity contribution is 5.73. The summed E-state index contributed by atoms with van der Waals surface area (Å²) in [5, 5.41) is 18.7. The highest BCUT2D eigenvalue weighted by Gasteiger charge is 2.47. The summed E-state index contributed by atoms with van der Waals surface area (Å²) in [5.41, 5.74) is 2.91. The average Bonchev–Trinajstić information content (AvgIpc) is 3.27. The fraction of sp³-hybridized carbons (Fsp3) is 0.792. The largest absolute Gasteiger partial charge is 0.490 e. The second kappa shape index (κ2) is 14.3. The summed E-state index contributed by atoms with van der Waals surface area (Å²) in [4.78, 5) is 23.1. The minimum absolute atomic E-state index is 0.462. The van der Waals surface area contributed by atoms with Crippen LogP contribution >= 0.6 is 0 Å². The Morgan fingerprint density at radius 2 is 1.56 bits per heavy atom. The summed E-state index contributed by atoms with van der Waals surface area (Å²) < 4.78 is 71.1. The summed E-state index contributed by atoms with van der Waals surface area (Å²) in [5.74, 6) is -4.08. The van der Waals surface area contributed by atoms with E-state index in [1.807, 2.05) is 11.8 Å². The third kappa shape index (κ3) is 11.3. The van der Waals surface area contributed by atoms with Gasteiger partial charge in [-0.1, -0.05) is 13.8 Å². The monoisotopic (exact) mass is 576 g/mol. The maximum Gasteiger partial charge on any atom is 0.490 e. The first-order chi connectivity index (χ1) is 17.8. The number of aryl methyl sites for hydroxylation is 2. The zero-order valence-electron chi connectivity index (χ0n) is 22.8. The number of rotatable bonds is 6. The van der Waals surface area contributed by atoms with Gasteiger partial charge in [-0.15, -0.1) is 0 Å². The zero-order valence-corrected chi connectivity index (χ0v) is 22.8. The van der Waals surface area contributed by atoms with Gasteiger partial charge in [0.1, 0.15) is 0 Å². The molecule has 0 aromatic carbocycles. The minimum Gasteiger partial charge on any atom is -0.475 e. The summed E-state index contributed by atoms with van der Waals surface area (Å²) in [6.45, 7) is 14.8. The van der Waals surface area contributed by atoms with Gasteiger partial charge in [0, 0.05) is 46.3 Å². The Kier molecular flexibility index (Phi) is 12.7. The predicted octanol–water partition coefficient (Wildman–Crippen LogP) is 3.81. The Labute approximate surface area is 223 Å². The van der Waals surface area contributed by atoms with Crippen molar-refractivity contribution in [1.82, 2.24) is 19.6 Å². The van der Waals surface area contributed by atoms with Crippen molar-refractivity contribution >= 4 is 11.9 Å². The molecule has 2 aliphatic rings. The van der Waals surface area contributed by atoms with E-state index in [2.05, 4.69) is 48.8 Å². The smallest absolute Gasteiger partial charge is 0.475 e. The van der Waals surface area contributed by atoms with Crippen molar-refractivity contribution in [3.8, 4) is 0 Å². The number of alkyl halides is 6. The van der Waals surface area contributed by atoms with Crippen molar-refractivity contribution in [2.75, 3.05) is 46.4 Å². The lowest BCUT2D eigenvalue weighted by molar-refractivity contribution is -0.193. The third-order valence-corrected chi connectivity index (χ3v) is 6.70. The van der Waals surface area contributed by atoms with Crippen LogP contribution in [0.5, 0.6) is 0 Å². The topological polar surface area (TPSA) is 108 Å². The van der Waals surface area contributed by atoms with Gasteiger partial charge in [-0.3, -0.25) is 9.58 Å². The maximum absolute atomic E-state index is 10.6. The second-order valence-electron chi connectivity index (χ2n) is 10.4. The number of nitrogens with zero attached hydrogens (tertiary/aromatic N) is 4. The molecule has 39 heavy (non-hydrogen) atoms. The van der Waals surface area contributed by atoms with Crippen LogP contribution in [-0.2, 0) is 27.9 Å².